The second kappa shape index (κ2) is 5.14. The number of carboxylic acids is 1. The van der Waals surface area contributed by atoms with E-state index < -0.39 is 5.97 Å². The van der Waals surface area contributed by atoms with Crippen molar-refractivity contribution in [2.45, 2.75) is 26.8 Å². The summed E-state index contributed by atoms with van der Waals surface area (Å²) in [6.07, 6.45) is 1.59. The van der Waals surface area contributed by atoms with Crippen LogP contribution >= 0.6 is 0 Å². The summed E-state index contributed by atoms with van der Waals surface area (Å²) in [5, 5.41) is 12.3. The Morgan fingerprint density at radius 1 is 1.37 bits per heavy atom. The van der Waals surface area contributed by atoms with Crippen LogP contribution in [-0.2, 0) is 0 Å². The summed E-state index contributed by atoms with van der Waals surface area (Å²) in [5.74, 6) is 0.932. The third-order valence-electron chi connectivity index (χ3n) is 2.91. The Labute approximate surface area is 111 Å². The monoisotopic (exact) mass is 260 g/mol. The van der Waals surface area contributed by atoms with Crippen molar-refractivity contribution in [3.63, 3.8) is 0 Å². The Hall–Kier alpha value is -2.30. The first-order valence-corrected chi connectivity index (χ1v) is 6.01. The van der Waals surface area contributed by atoms with Crippen molar-refractivity contribution >= 4 is 11.8 Å². The van der Waals surface area contributed by atoms with E-state index in [-0.39, 0.29) is 11.6 Å². The van der Waals surface area contributed by atoms with Crippen LogP contribution in [0.5, 0.6) is 0 Å². The van der Waals surface area contributed by atoms with Crippen LogP contribution in [0.2, 0.25) is 0 Å². The van der Waals surface area contributed by atoms with E-state index >= 15 is 0 Å². The van der Waals surface area contributed by atoms with E-state index in [2.05, 4.69) is 10.3 Å². The number of aryl methyl sites for hydroxylation is 2. The molecule has 0 saturated heterocycles. The topological polar surface area (TPSA) is 75.4 Å². The molecule has 19 heavy (non-hydrogen) atoms. The van der Waals surface area contributed by atoms with Crippen molar-refractivity contribution in [1.82, 2.24) is 4.98 Å². The largest absolute Gasteiger partial charge is 0.478 e. The summed E-state index contributed by atoms with van der Waals surface area (Å²) in [4.78, 5) is 15.4. The zero-order valence-electron chi connectivity index (χ0n) is 11.1. The molecule has 0 aliphatic heterocycles. The van der Waals surface area contributed by atoms with Gasteiger partial charge in [0.1, 0.15) is 22.9 Å². The molecule has 0 aliphatic carbocycles. The Kier molecular flexibility index (Phi) is 3.55. The first-order chi connectivity index (χ1) is 8.99. The van der Waals surface area contributed by atoms with Gasteiger partial charge in [-0.2, -0.15) is 0 Å². The third kappa shape index (κ3) is 2.76. The Bertz CT molecular complexity index is 604. The molecular weight excluding hydrogens is 244 g/mol. The van der Waals surface area contributed by atoms with Crippen LogP contribution < -0.4 is 5.32 Å². The van der Waals surface area contributed by atoms with Gasteiger partial charge in [0.15, 0.2) is 0 Å². The maximum Gasteiger partial charge on any atom is 0.339 e. The number of furan rings is 1. The van der Waals surface area contributed by atoms with Gasteiger partial charge >= 0.3 is 5.97 Å². The van der Waals surface area contributed by atoms with Gasteiger partial charge in [-0.1, -0.05) is 0 Å². The zero-order valence-corrected chi connectivity index (χ0v) is 11.1. The number of hydrogen-bond acceptors (Lipinski definition) is 4. The number of carboxylic acid groups (broad SMARTS) is 1. The van der Waals surface area contributed by atoms with Crippen molar-refractivity contribution in [3.8, 4) is 0 Å². The van der Waals surface area contributed by atoms with E-state index in [0.717, 1.165) is 11.5 Å². The lowest BCUT2D eigenvalue weighted by molar-refractivity contribution is 0.0696. The Morgan fingerprint density at radius 3 is 2.68 bits per heavy atom. The molecular formula is C14H16N2O3. The number of pyridine rings is 1. The summed E-state index contributed by atoms with van der Waals surface area (Å²) in [7, 11) is 0. The lowest BCUT2D eigenvalue weighted by Crippen LogP contribution is -2.13. The van der Waals surface area contributed by atoms with Crippen LogP contribution in [-0.4, -0.2) is 16.1 Å². The highest BCUT2D eigenvalue weighted by molar-refractivity contribution is 5.94. The zero-order chi connectivity index (χ0) is 14.0. The number of hydrogen-bond donors (Lipinski definition) is 2. The van der Waals surface area contributed by atoms with Crippen LogP contribution in [0.3, 0.4) is 0 Å². The van der Waals surface area contributed by atoms with E-state index in [9.17, 15) is 9.90 Å². The van der Waals surface area contributed by atoms with Gasteiger partial charge < -0.3 is 14.8 Å². The quantitative estimate of drug-likeness (QED) is 0.883. The highest BCUT2D eigenvalue weighted by atomic mass is 16.4. The summed E-state index contributed by atoms with van der Waals surface area (Å²) in [6.45, 7) is 5.51. The van der Waals surface area contributed by atoms with Gasteiger partial charge in [0, 0.05) is 6.20 Å². The normalized spacial score (nSPS) is 12.2. The summed E-state index contributed by atoms with van der Waals surface area (Å²) in [6, 6.07) is 5.26. The second-order valence-corrected chi connectivity index (χ2v) is 4.47. The molecule has 0 fully saturated rings. The second-order valence-electron chi connectivity index (χ2n) is 4.47. The van der Waals surface area contributed by atoms with Gasteiger partial charge in [0.05, 0.1) is 6.04 Å². The minimum Gasteiger partial charge on any atom is -0.478 e. The van der Waals surface area contributed by atoms with Gasteiger partial charge in [-0.05, 0) is 44.5 Å². The minimum absolute atomic E-state index is 0.152. The molecule has 5 heteroatoms. The maximum absolute atomic E-state index is 11.3. The van der Waals surface area contributed by atoms with Crippen LogP contribution in [0, 0.1) is 13.8 Å². The molecule has 1 unspecified atom stereocenters. The number of aromatic carboxylic acids is 1. The highest BCUT2D eigenvalue weighted by Gasteiger charge is 2.17. The van der Waals surface area contributed by atoms with E-state index in [1.165, 1.54) is 0 Å². The molecule has 2 N–H and O–H groups in total. The molecule has 0 aromatic carbocycles. The van der Waals surface area contributed by atoms with Gasteiger partial charge in [-0.15, -0.1) is 0 Å². The van der Waals surface area contributed by atoms with Crippen molar-refractivity contribution in [2.24, 2.45) is 0 Å². The number of anilines is 1. The molecule has 0 spiro atoms. The fourth-order valence-electron chi connectivity index (χ4n) is 1.90. The lowest BCUT2D eigenvalue weighted by Gasteiger charge is -2.15. The van der Waals surface area contributed by atoms with Crippen LogP contribution in [0.1, 0.15) is 40.4 Å². The predicted molar refractivity (Wildman–Crippen MR) is 71.4 cm³/mol. The van der Waals surface area contributed by atoms with E-state index in [0.29, 0.717) is 11.4 Å². The first-order valence-electron chi connectivity index (χ1n) is 6.01. The van der Waals surface area contributed by atoms with E-state index in [1.807, 2.05) is 26.0 Å². The molecule has 2 heterocycles. The lowest BCUT2D eigenvalue weighted by atomic mass is 10.1. The number of aromatic nitrogens is 1. The summed E-state index contributed by atoms with van der Waals surface area (Å²) < 4.78 is 5.51. The smallest absolute Gasteiger partial charge is 0.339 e. The molecule has 0 saturated carbocycles. The molecule has 5 nitrogen and oxygen atoms in total. The number of nitrogens with one attached hydrogen (secondary N) is 1. The molecule has 100 valence electrons. The number of nitrogens with zero attached hydrogens (tertiary/aromatic N) is 1. The van der Waals surface area contributed by atoms with Gasteiger partial charge in [0.25, 0.3) is 0 Å². The Morgan fingerprint density at radius 2 is 2.11 bits per heavy atom. The van der Waals surface area contributed by atoms with Gasteiger partial charge in [0.2, 0.25) is 0 Å². The highest BCUT2D eigenvalue weighted by Crippen LogP contribution is 2.23. The molecule has 0 aliphatic rings. The fourth-order valence-corrected chi connectivity index (χ4v) is 1.90. The van der Waals surface area contributed by atoms with Crippen molar-refractivity contribution in [2.75, 3.05) is 5.32 Å². The predicted octanol–water partition coefficient (Wildman–Crippen LogP) is 3.16. The van der Waals surface area contributed by atoms with Crippen LogP contribution in [0.15, 0.2) is 28.8 Å². The molecule has 2 rings (SSSR count). The fraction of sp³-hybridized carbons (Fsp3) is 0.286. The van der Waals surface area contributed by atoms with E-state index in [4.69, 9.17) is 4.42 Å². The van der Waals surface area contributed by atoms with Crippen molar-refractivity contribution in [1.29, 1.82) is 0 Å². The molecule has 0 amide bonds. The number of carbonyl (C=O) groups is 1. The van der Waals surface area contributed by atoms with Crippen LogP contribution in [0.25, 0.3) is 0 Å². The van der Waals surface area contributed by atoms with Crippen molar-refractivity contribution < 1.29 is 14.3 Å². The Balaban J connectivity index is 2.28. The van der Waals surface area contributed by atoms with Gasteiger partial charge in [-0.25, -0.2) is 9.78 Å². The summed E-state index contributed by atoms with van der Waals surface area (Å²) in [5.41, 5.74) is 0.866. The first kappa shape index (κ1) is 13.1. The third-order valence-corrected chi connectivity index (χ3v) is 2.91. The molecule has 0 bridgehead atoms. The molecule has 2 aromatic rings. The average Bonchev–Trinajstić information content (AvgIpc) is 2.75. The average molecular weight is 260 g/mol. The van der Waals surface area contributed by atoms with Crippen molar-refractivity contribution in [3.05, 3.63) is 47.0 Å². The molecule has 0 radical (unpaired) electrons. The maximum atomic E-state index is 11.3. The summed E-state index contributed by atoms with van der Waals surface area (Å²) >= 11 is 0. The SMILES string of the molecule is Cc1ccc(C(C)Nc2nccc(C)c2C(=O)O)o1. The van der Waals surface area contributed by atoms with E-state index in [1.54, 1.807) is 19.2 Å². The molecule has 1 atom stereocenters. The number of rotatable bonds is 4. The minimum atomic E-state index is -0.990. The standard InChI is InChI=1S/C14H16N2O3/c1-8-6-7-15-13(12(8)14(17)18)16-10(3)11-5-4-9(2)19-11/h4-7,10H,1-3H3,(H,15,16)(H,17,18). The van der Waals surface area contributed by atoms with Crippen LogP contribution in [0.4, 0.5) is 5.82 Å². The van der Waals surface area contributed by atoms with Gasteiger partial charge in [-0.3, -0.25) is 0 Å². The molecule has 2 aromatic heterocycles.